The van der Waals surface area contributed by atoms with E-state index < -0.39 is 12.3 Å². The van der Waals surface area contributed by atoms with Crippen LogP contribution in [0.15, 0.2) is 18.2 Å². The van der Waals surface area contributed by atoms with Crippen LogP contribution in [0, 0.1) is 3.57 Å². The second kappa shape index (κ2) is 4.24. The van der Waals surface area contributed by atoms with E-state index in [2.05, 4.69) is 0 Å². The normalized spacial score (nSPS) is 14.1. The highest BCUT2D eigenvalue weighted by atomic mass is 127. The molecule has 0 saturated heterocycles. The molecule has 0 aromatic heterocycles. The summed E-state index contributed by atoms with van der Waals surface area (Å²) in [4.78, 5) is 0. The van der Waals surface area contributed by atoms with Gasteiger partial charge in [0.15, 0.2) is 6.10 Å². The molecule has 0 saturated carbocycles. The minimum Gasteiger partial charge on any atom is -0.379 e. The zero-order valence-electron chi connectivity index (χ0n) is 6.65. The third kappa shape index (κ3) is 2.74. The summed E-state index contributed by atoms with van der Waals surface area (Å²) in [6, 6.07) is 3.85. The maximum absolute atomic E-state index is 12.1. The molecule has 0 aliphatic heterocycles. The molecule has 1 aromatic carbocycles. The van der Waals surface area contributed by atoms with Gasteiger partial charge in [0.2, 0.25) is 0 Å². The van der Waals surface area contributed by atoms with Crippen molar-refractivity contribution in [3.63, 3.8) is 0 Å². The van der Waals surface area contributed by atoms with Crippen LogP contribution < -0.4 is 0 Å². The van der Waals surface area contributed by atoms with Crippen LogP contribution in [-0.4, -0.2) is 11.3 Å². The summed E-state index contributed by atoms with van der Waals surface area (Å²) >= 11 is 7.27. The Balaban J connectivity index is 3.08. The van der Waals surface area contributed by atoms with Gasteiger partial charge in [0, 0.05) is 14.2 Å². The van der Waals surface area contributed by atoms with Crippen molar-refractivity contribution in [1.82, 2.24) is 0 Å². The molecule has 0 fully saturated rings. The lowest BCUT2D eigenvalue weighted by molar-refractivity contribution is -0.207. The third-order valence-corrected chi connectivity index (χ3v) is 2.74. The molecule has 6 heteroatoms. The first-order chi connectivity index (χ1) is 6.32. The molecule has 1 rings (SSSR count). The Morgan fingerprint density at radius 3 is 2.36 bits per heavy atom. The fourth-order valence-electron chi connectivity index (χ4n) is 0.900. The van der Waals surface area contributed by atoms with Crippen molar-refractivity contribution in [2.75, 3.05) is 0 Å². The monoisotopic (exact) mass is 336 g/mol. The van der Waals surface area contributed by atoms with Crippen molar-refractivity contribution < 1.29 is 18.3 Å². The van der Waals surface area contributed by atoms with Gasteiger partial charge in [-0.1, -0.05) is 17.7 Å². The molecule has 0 radical (unpaired) electrons. The Hall–Kier alpha value is -0.0100. The average Bonchev–Trinajstić information content (AvgIpc) is 2.01. The van der Waals surface area contributed by atoms with E-state index in [1.165, 1.54) is 18.2 Å². The second-order valence-electron chi connectivity index (χ2n) is 2.61. The molecule has 1 N–H and O–H groups in total. The Morgan fingerprint density at radius 1 is 1.36 bits per heavy atom. The maximum Gasteiger partial charge on any atom is 0.418 e. The molecule has 78 valence electrons. The largest absolute Gasteiger partial charge is 0.418 e. The molecule has 0 bridgehead atoms. The van der Waals surface area contributed by atoms with Crippen molar-refractivity contribution in [2.45, 2.75) is 12.3 Å². The molecule has 0 amide bonds. The number of hydrogen-bond acceptors (Lipinski definition) is 1. The summed E-state index contributed by atoms with van der Waals surface area (Å²) in [5.41, 5.74) is -0.178. The van der Waals surface area contributed by atoms with Crippen LogP contribution in [0.3, 0.4) is 0 Å². The van der Waals surface area contributed by atoms with Gasteiger partial charge in [0.25, 0.3) is 0 Å². The second-order valence-corrected chi connectivity index (χ2v) is 4.21. The number of alkyl halides is 3. The van der Waals surface area contributed by atoms with Gasteiger partial charge in [0.05, 0.1) is 0 Å². The molecule has 0 heterocycles. The number of aliphatic hydroxyl groups is 1. The van der Waals surface area contributed by atoms with E-state index in [0.717, 1.165) is 0 Å². The first-order valence-electron chi connectivity index (χ1n) is 3.52. The molecule has 14 heavy (non-hydrogen) atoms. The summed E-state index contributed by atoms with van der Waals surface area (Å²) in [6.45, 7) is 0. The van der Waals surface area contributed by atoms with E-state index in [-0.39, 0.29) is 5.56 Å². The van der Waals surface area contributed by atoms with Crippen LogP contribution in [0.1, 0.15) is 11.7 Å². The molecule has 0 aliphatic carbocycles. The van der Waals surface area contributed by atoms with Gasteiger partial charge in [0.1, 0.15) is 0 Å². The quantitative estimate of drug-likeness (QED) is 0.778. The predicted octanol–water partition coefficient (Wildman–Crippen LogP) is 3.54. The summed E-state index contributed by atoms with van der Waals surface area (Å²) in [5, 5.41) is 9.30. The number of halogens is 5. The van der Waals surface area contributed by atoms with Crippen LogP contribution >= 0.6 is 34.2 Å². The lowest BCUT2D eigenvalue weighted by Gasteiger charge is -2.16. The lowest BCUT2D eigenvalue weighted by Crippen LogP contribution is -2.21. The van der Waals surface area contributed by atoms with E-state index in [9.17, 15) is 13.2 Å². The van der Waals surface area contributed by atoms with Gasteiger partial charge < -0.3 is 5.11 Å². The molecular formula is C8H5ClF3IO. The van der Waals surface area contributed by atoms with Crippen molar-refractivity contribution in [3.8, 4) is 0 Å². The third-order valence-electron chi connectivity index (χ3n) is 1.57. The fourth-order valence-corrected chi connectivity index (χ4v) is 2.07. The van der Waals surface area contributed by atoms with Crippen LogP contribution in [0.25, 0.3) is 0 Å². The SMILES string of the molecule is OC(c1ccc(Cl)cc1I)C(F)(F)F. The van der Waals surface area contributed by atoms with Crippen molar-refractivity contribution in [1.29, 1.82) is 0 Å². The number of benzene rings is 1. The van der Waals surface area contributed by atoms with Crippen LogP contribution in [0.5, 0.6) is 0 Å². The van der Waals surface area contributed by atoms with E-state index in [1.54, 1.807) is 22.6 Å². The van der Waals surface area contributed by atoms with Crippen LogP contribution in [0.4, 0.5) is 13.2 Å². The summed E-state index contributed by atoms with van der Waals surface area (Å²) in [7, 11) is 0. The van der Waals surface area contributed by atoms with Crippen LogP contribution in [-0.2, 0) is 0 Å². The maximum atomic E-state index is 12.1. The highest BCUT2D eigenvalue weighted by Gasteiger charge is 2.40. The zero-order chi connectivity index (χ0) is 10.9. The summed E-state index contributed by atoms with van der Waals surface area (Å²) in [6.07, 6.45) is -7.10. The van der Waals surface area contributed by atoms with Gasteiger partial charge in [-0.15, -0.1) is 0 Å². The van der Waals surface area contributed by atoms with Crippen molar-refractivity contribution in [2.24, 2.45) is 0 Å². The lowest BCUT2D eigenvalue weighted by atomic mass is 10.1. The van der Waals surface area contributed by atoms with Crippen LogP contribution in [0.2, 0.25) is 5.02 Å². The molecular weight excluding hydrogens is 331 g/mol. The highest BCUT2D eigenvalue weighted by Crippen LogP contribution is 2.35. The number of rotatable bonds is 1. The summed E-state index contributed by atoms with van der Waals surface area (Å²) < 4.78 is 36.7. The minimum atomic E-state index is -4.65. The molecule has 1 unspecified atom stereocenters. The highest BCUT2D eigenvalue weighted by molar-refractivity contribution is 14.1. The number of hydrogen-bond donors (Lipinski definition) is 1. The van der Waals surface area contributed by atoms with E-state index in [1.807, 2.05) is 0 Å². The topological polar surface area (TPSA) is 20.2 Å². The van der Waals surface area contributed by atoms with E-state index in [4.69, 9.17) is 16.7 Å². The average molecular weight is 336 g/mol. The standard InChI is InChI=1S/C8H5ClF3IO/c9-4-1-2-5(6(13)3-4)7(14)8(10,11)12/h1-3,7,14H. The van der Waals surface area contributed by atoms with Crippen molar-refractivity contribution in [3.05, 3.63) is 32.4 Å². The van der Waals surface area contributed by atoms with E-state index >= 15 is 0 Å². The van der Waals surface area contributed by atoms with Gasteiger partial charge in [-0.3, -0.25) is 0 Å². The van der Waals surface area contributed by atoms with E-state index in [0.29, 0.717) is 8.59 Å². The first kappa shape index (κ1) is 12.1. The molecule has 1 aromatic rings. The fraction of sp³-hybridized carbons (Fsp3) is 0.250. The first-order valence-corrected chi connectivity index (χ1v) is 4.98. The Kier molecular flexibility index (Phi) is 3.65. The zero-order valence-corrected chi connectivity index (χ0v) is 9.56. The molecule has 0 aliphatic rings. The van der Waals surface area contributed by atoms with Gasteiger partial charge >= 0.3 is 6.18 Å². The van der Waals surface area contributed by atoms with Gasteiger partial charge in [-0.25, -0.2) is 0 Å². The Morgan fingerprint density at radius 2 is 1.93 bits per heavy atom. The minimum absolute atomic E-state index is 0.178. The van der Waals surface area contributed by atoms with Gasteiger partial charge in [-0.05, 0) is 34.7 Å². The number of aliphatic hydroxyl groups excluding tert-OH is 1. The molecule has 1 atom stereocenters. The van der Waals surface area contributed by atoms with Crippen molar-refractivity contribution >= 4 is 34.2 Å². The smallest absolute Gasteiger partial charge is 0.379 e. The Bertz CT molecular complexity index is 340. The molecule has 1 nitrogen and oxygen atoms in total. The Labute approximate surface area is 97.0 Å². The van der Waals surface area contributed by atoms with Gasteiger partial charge in [-0.2, -0.15) is 13.2 Å². The summed E-state index contributed by atoms with van der Waals surface area (Å²) in [5.74, 6) is 0. The molecule has 0 spiro atoms. The predicted molar refractivity (Wildman–Crippen MR) is 55.2 cm³/mol.